The molecule has 1 aliphatic rings. The summed E-state index contributed by atoms with van der Waals surface area (Å²) in [6.45, 7) is 2.22. The van der Waals surface area contributed by atoms with E-state index in [9.17, 15) is 0 Å². The van der Waals surface area contributed by atoms with E-state index in [1.54, 1.807) is 0 Å². The fraction of sp³-hybridized carbons (Fsp3) is 0.625. The molecule has 0 saturated heterocycles. The summed E-state index contributed by atoms with van der Waals surface area (Å²) in [5.41, 5.74) is 2.99. The minimum absolute atomic E-state index is 1.01. The van der Waals surface area contributed by atoms with E-state index in [4.69, 9.17) is 0 Å². The van der Waals surface area contributed by atoms with Crippen molar-refractivity contribution in [2.75, 3.05) is 0 Å². The number of aryl methyl sites for hydroxylation is 2. The predicted molar refractivity (Wildman–Crippen MR) is 70.7 cm³/mol. The third-order valence-corrected chi connectivity index (χ3v) is 4.00. The number of hydrogen-bond acceptors (Lipinski definition) is 0. The van der Waals surface area contributed by atoms with E-state index in [1.807, 2.05) is 0 Å². The fourth-order valence-corrected chi connectivity index (χ4v) is 2.79. The van der Waals surface area contributed by atoms with Crippen molar-refractivity contribution in [1.29, 1.82) is 0 Å². The lowest BCUT2D eigenvalue weighted by molar-refractivity contribution is 0.339. The van der Waals surface area contributed by atoms with Crippen molar-refractivity contribution in [3.63, 3.8) is 0 Å². The molecule has 0 spiro atoms. The number of rotatable bonds is 4. The van der Waals surface area contributed by atoms with Gasteiger partial charge in [0.05, 0.1) is 0 Å². The zero-order valence-corrected chi connectivity index (χ0v) is 10.5. The Morgan fingerprint density at radius 1 is 0.938 bits per heavy atom. The van der Waals surface area contributed by atoms with Crippen molar-refractivity contribution in [2.45, 2.75) is 58.3 Å². The minimum atomic E-state index is 1.01. The molecule has 0 N–H and O–H groups in total. The Bertz CT molecular complexity index is 290. The van der Waals surface area contributed by atoms with Gasteiger partial charge in [0, 0.05) is 0 Å². The summed E-state index contributed by atoms with van der Waals surface area (Å²) < 4.78 is 0. The van der Waals surface area contributed by atoms with Gasteiger partial charge in [-0.05, 0) is 36.3 Å². The predicted octanol–water partition coefficient (Wildman–Crippen LogP) is 4.76. The van der Waals surface area contributed by atoms with Crippen molar-refractivity contribution >= 4 is 0 Å². The zero-order valence-electron chi connectivity index (χ0n) is 10.5. The van der Waals surface area contributed by atoms with E-state index in [0.717, 1.165) is 12.3 Å². The molecule has 0 nitrogen and oxygen atoms in total. The second kappa shape index (κ2) is 6.08. The molecule has 0 heteroatoms. The average Bonchev–Trinajstić information content (AvgIpc) is 2.38. The smallest absolute Gasteiger partial charge is 0.0276 e. The molecule has 0 aliphatic heterocycles. The molecule has 0 aromatic heterocycles. The monoisotopic (exact) mass is 216 g/mol. The van der Waals surface area contributed by atoms with Crippen LogP contribution in [-0.4, -0.2) is 0 Å². The SMILES string of the molecule is CCc1ccc(CCC2CCCCC2)cc1. The minimum Gasteiger partial charge on any atom is -0.0613 e. The van der Waals surface area contributed by atoms with Gasteiger partial charge in [0.1, 0.15) is 0 Å². The second-order valence-electron chi connectivity index (χ2n) is 5.21. The van der Waals surface area contributed by atoms with Crippen LogP contribution in [0.1, 0.15) is 56.6 Å². The first-order valence-corrected chi connectivity index (χ1v) is 6.96. The summed E-state index contributed by atoms with van der Waals surface area (Å²) >= 11 is 0. The number of benzene rings is 1. The van der Waals surface area contributed by atoms with Gasteiger partial charge in [-0.15, -0.1) is 0 Å². The summed E-state index contributed by atoms with van der Waals surface area (Å²) in [5.74, 6) is 1.01. The van der Waals surface area contributed by atoms with Gasteiger partial charge in [-0.2, -0.15) is 0 Å². The van der Waals surface area contributed by atoms with Crippen LogP contribution in [0.25, 0.3) is 0 Å². The Labute approximate surface area is 100 Å². The van der Waals surface area contributed by atoms with Gasteiger partial charge in [0.15, 0.2) is 0 Å². The molecular weight excluding hydrogens is 192 g/mol. The molecule has 2 rings (SSSR count). The van der Waals surface area contributed by atoms with E-state index in [-0.39, 0.29) is 0 Å². The highest BCUT2D eigenvalue weighted by molar-refractivity contribution is 5.22. The largest absolute Gasteiger partial charge is 0.0613 e. The lowest BCUT2D eigenvalue weighted by atomic mass is 9.85. The van der Waals surface area contributed by atoms with Gasteiger partial charge in [-0.25, -0.2) is 0 Å². The van der Waals surface area contributed by atoms with Crippen LogP contribution in [-0.2, 0) is 12.8 Å². The molecule has 1 aromatic carbocycles. The molecule has 0 atom stereocenters. The lowest BCUT2D eigenvalue weighted by Crippen LogP contribution is -2.07. The average molecular weight is 216 g/mol. The molecule has 1 saturated carbocycles. The molecule has 0 amide bonds. The summed E-state index contributed by atoms with van der Waals surface area (Å²) in [6.07, 6.45) is 11.2. The number of hydrogen-bond donors (Lipinski definition) is 0. The van der Waals surface area contributed by atoms with Gasteiger partial charge >= 0.3 is 0 Å². The van der Waals surface area contributed by atoms with Crippen LogP contribution in [0.15, 0.2) is 24.3 Å². The Balaban J connectivity index is 1.79. The van der Waals surface area contributed by atoms with E-state index < -0.39 is 0 Å². The first-order valence-electron chi connectivity index (χ1n) is 6.96. The second-order valence-corrected chi connectivity index (χ2v) is 5.21. The first kappa shape index (κ1) is 11.7. The quantitative estimate of drug-likeness (QED) is 0.680. The van der Waals surface area contributed by atoms with Gasteiger partial charge in [-0.3, -0.25) is 0 Å². The van der Waals surface area contributed by atoms with Crippen molar-refractivity contribution < 1.29 is 0 Å². The summed E-state index contributed by atoms with van der Waals surface area (Å²) in [7, 11) is 0. The lowest BCUT2D eigenvalue weighted by Gasteiger charge is -2.21. The molecule has 1 aliphatic carbocycles. The molecule has 0 heterocycles. The van der Waals surface area contributed by atoms with Crippen molar-refractivity contribution in [2.24, 2.45) is 5.92 Å². The van der Waals surface area contributed by atoms with Crippen LogP contribution in [0.4, 0.5) is 0 Å². The molecule has 0 unspecified atom stereocenters. The molecule has 1 aromatic rings. The highest BCUT2D eigenvalue weighted by Crippen LogP contribution is 2.27. The molecule has 1 fully saturated rings. The van der Waals surface area contributed by atoms with Gasteiger partial charge in [-0.1, -0.05) is 63.3 Å². The molecule has 0 radical (unpaired) electrons. The fourth-order valence-electron chi connectivity index (χ4n) is 2.79. The Morgan fingerprint density at radius 3 is 2.19 bits per heavy atom. The highest BCUT2D eigenvalue weighted by atomic mass is 14.2. The molecule has 16 heavy (non-hydrogen) atoms. The summed E-state index contributed by atoms with van der Waals surface area (Å²) in [4.78, 5) is 0. The van der Waals surface area contributed by atoms with Crippen molar-refractivity contribution in [3.8, 4) is 0 Å². The van der Waals surface area contributed by atoms with E-state index in [1.165, 1.54) is 56.1 Å². The van der Waals surface area contributed by atoms with Gasteiger partial charge in [0.2, 0.25) is 0 Å². The van der Waals surface area contributed by atoms with Gasteiger partial charge in [0.25, 0.3) is 0 Å². The van der Waals surface area contributed by atoms with Crippen molar-refractivity contribution in [3.05, 3.63) is 35.4 Å². The summed E-state index contributed by atoms with van der Waals surface area (Å²) in [6, 6.07) is 9.22. The topological polar surface area (TPSA) is 0 Å². The van der Waals surface area contributed by atoms with Crippen LogP contribution >= 0.6 is 0 Å². The third kappa shape index (κ3) is 3.37. The standard InChI is InChI=1S/C16H24/c1-2-14-8-10-16(11-9-14)13-12-15-6-4-3-5-7-15/h8-11,15H,2-7,12-13H2,1H3. The third-order valence-electron chi connectivity index (χ3n) is 4.00. The molecule has 88 valence electrons. The van der Waals surface area contributed by atoms with E-state index >= 15 is 0 Å². The van der Waals surface area contributed by atoms with Crippen LogP contribution < -0.4 is 0 Å². The van der Waals surface area contributed by atoms with Crippen LogP contribution in [0.3, 0.4) is 0 Å². The van der Waals surface area contributed by atoms with Crippen LogP contribution in [0, 0.1) is 5.92 Å². The van der Waals surface area contributed by atoms with Gasteiger partial charge < -0.3 is 0 Å². The normalized spacial score (nSPS) is 17.6. The Hall–Kier alpha value is -0.780. The maximum Gasteiger partial charge on any atom is -0.0276 e. The first-order chi connectivity index (χ1) is 7.88. The van der Waals surface area contributed by atoms with Crippen LogP contribution in [0.5, 0.6) is 0 Å². The van der Waals surface area contributed by atoms with E-state index in [0.29, 0.717) is 0 Å². The zero-order chi connectivity index (χ0) is 11.2. The maximum atomic E-state index is 2.32. The van der Waals surface area contributed by atoms with Crippen LogP contribution in [0.2, 0.25) is 0 Å². The van der Waals surface area contributed by atoms with E-state index in [2.05, 4.69) is 31.2 Å². The molecule has 0 bridgehead atoms. The highest BCUT2D eigenvalue weighted by Gasteiger charge is 2.12. The Morgan fingerprint density at radius 2 is 1.56 bits per heavy atom. The van der Waals surface area contributed by atoms with Crippen molar-refractivity contribution in [1.82, 2.24) is 0 Å². The maximum absolute atomic E-state index is 2.32. The summed E-state index contributed by atoms with van der Waals surface area (Å²) in [5, 5.41) is 0. The molecular formula is C16H24. The Kier molecular flexibility index (Phi) is 4.44.